The minimum Gasteiger partial charge on any atom is -0.324 e. The Kier molecular flexibility index (Phi) is 6.69. The van der Waals surface area contributed by atoms with Crippen LogP contribution in [0.15, 0.2) is 62.6 Å². The summed E-state index contributed by atoms with van der Waals surface area (Å²) in [6.45, 7) is 1.52. The van der Waals surface area contributed by atoms with Gasteiger partial charge in [-0.1, -0.05) is 40.2 Å². The largest absolute Gasteiger partial charge is 0.324 e. The Labute approximate surface area is 156 Å². The topological polar surface area (TPSA) is 70.6 Å². The molecule has 2 amide bonds. The van der Waals surface area contributed by atoms with E-state index < -0.39 is 17.7 Å². The van der Waals surface area contributed by atoms with Crippen molar-refractivity contribution in [3.05, 3.63) is 63.0 Å². The van der Waals surface area contributed by atoms with Gasteiger partial charge in [-0.05, 0) is 52.7 Å². The van der Waals surface area contributed by atoms with Crippen molar-refractivity contribution in [2.75, 3.05) is 5.32 Å². The van der Waals surface area contributed by atoms with Crippen molar-refractivity contribution in [1.29, 1.82) is 0 Å². The van der Waals surface area contributed by atoms with Gasteiger partial charge in [-0.2, -0.15) is 5.10 Å². The van der Waals surface area contributed by atoms with Crippen molar-refractivity contribution < 1.29 is 9.59 Å². The lowest BCUT2D eigenvalue weighted by Gasteiger charge is -2.11. The monoisotopic (exact) mass is 451 g/mol. The van der Waals surface area contributed by atoms with Crippen LogP contribution in [0.3, 0.4) is 0 Å². The summed E-state index contributed by atoms with van der Waals surface area (Å²) in [4.78, 5) is 24.1. The van der Waals surface area contributed by atoms with Crippen molar-refractivity contribution in [2.45, 2.75) is 6.92 Å². The van der Waals surface area contributed by atoms with Crippen LogP contribution in [0.5, 0.6) is 0 Å². The smallest absolute Gasteiger partial charge is 0.252 e. The third-order valence-corrected chi connectivity index (χ3v) is 4.34. The van der Waals surface area contributed by atoms with E-state index in [1.807, 2.05) is 36.4 Å². The standard InChI is InChI=1S/C17H15Br2N3O2/c1-11(16(23)21-15-8-3-2-7-14(15)19)17(24)22-20-10-12-5-4-6-13(18)9-12/h2-11H,1H3,(H,21,23)(H,22,24). The van der Waals surface area contributed by atoms with Crippen molar-refractivity contribution in [2.24, 2.45) is 11.0 Å². The first-order valence-corrected chi connectivity index (χ1v) is 8.70. The van der Waals surface area contributed by atoms with Crippen LogP contribution < -0.4 is 10.7 Å². The van der Waals surface area contributed by atoms with Gasteiger partial charge in [-0.3, -0.25) is 9.59 Å². The number of hydrogen-bond acceptors (Lipinski definition) is 3. The van der Waals surface area contributed by atoms with Crippen LogP contribution in [0.2, 0.25) is 0 Å². The van der Waals surface area contributed by atoms with Crippen LogP contribution >= 0.6 is 31.9 Å². The molecular weight excluding hydrogens is 438 g/mol. The molecule has 0 aliphatic heterocycles. The minimum atomic E-state index is -0.878. The summed E-state index contributed by atoms with van der Waals surface area (Å²) in [5, 5.41) is 6.58. The summed E-state index contributed by atoms with van der Waals surface area (Å²) >= 11 is 6.70. The van der Waals surface area contributed by atoms with Crippen molar-refractivity contribution in [1.82, 2.24) is 5.43 Å². The van der Waals surface area contributed by atoms with Gasteiger partial charge in [-0.15, -0.1) is 0 Å². The number of nitrogens with zero attached hydrogens (tertiary/aromatic N) is 1. The molecule has 2 N–H and O–H groups in total. The Balaban J connectivity index is 1.92. The van der Waals surface area contributed by atoms with Gasteiger partial charge in [0.25, 0.3) is 5.91 Å². The van der Waals surface area contributed by atoms with E-state index in [0.29, 0.717) is 5.69 Å². The van der Waals surface area contributed by atoms with Crippen molar-refractivity contribution in [3.63, 3.8) is 0 Å². The number of para-hydroxylation sites is 1. The van der Waals surface area contributed by atoms with Gasteiger partial charge in [0, 0.05) is 8.95 Å². The number of nitrogens with one attached hydrogen (secondary N) is 2. The van der Waals surface area contributed by atoms with E-state index in [1.54, 1.807) is 12.1 Å². The lowest BCUT2D eigenvalue weighted by atomic mass is 10.1. The Morgan fingerprint density at radius 3 is 2.54 bits per heavy atom. The normalized spacial score (nSPS) is 12.0. The fraction of sp³-hybridized carbons (Fsp3) is 0.118. The summed E-state index contributed by atoms with van der Waals surface area (Å²) in [7, 11) is 0. The molecule has 5 nitrogen and oxygen atoms in total. The van der Waals surface area contributed by atoms with Gasteiger partial charge in [0.05, 0.1) is 11.9 Å². The van der Waals surface area contributed by atoms with Gasteiger partial charge in [-0.25, -0.2) is 5.43 Å². The van der Waals surface area contributed by atoms with E-state index in [4.69, 9.17) is 0 Å². The number of halogens is 2. The molecule has 2 aromatic rings. The molecule has 2 rings (SSSR count). The Morgan fingerprint density at radius 1 is 1.08 bits per heavy atom. The number of amides is 2. The molecular formula is C17H15Br2N3O2. The maximum absolute atomic E-state index is 12.1. The highest BCUT2D eigenvalue weighted by molar-refractivity contribution is 9.10. The molecule has 0 saturated carbocycles. The fourth-order valence-electron chi connectivity index (χ4n) is 1.78. The molecule has 0 aromatic heterocycles. The number of rotatable bonds is 5. The average Bonchev–Trinajstić information content (AvgIpc) is 2.56. The van der Waals surface area contributed by atoms with Gasteiger partial charge >= 0.3 is 0 Å². The predicted molar refractivity (Wildman–Crippen MR) is 102 cm³/mol. The molecule has 1 atom stereocenters. The number of hydrazone groups is 1. The van der Waals surface area contributed by atoms with E-state index in [-0.39, 0.29) is 0 Å². The van der Waals surface area contributed by atoms with E-state index in [1.165, 1.54) is 13.1 Å². The Bertz CT molecular complexity index is 778. The zero-order valence-electron chi connectivity index (χ0n) is 12.8. The molecule has 1 unspecified atom stereocenters. The lowest BCUT2D eigenvalue weighted by Crippen LogP contribution is -2.34. The quantitative estimate of drug-likeness (QED) is 0.409. The number of benzene rings is 2. The second-order valence-electron chi connectivity index (χ2n) is 4.98. The highest BCUT2D eigenvalue weighted by Gasteiger charge is 2.21. The van der Waals surface area contributed by atoms with E-state index in [9.17, 15) is 9.59 Å². The van der Waals surface area contributed by atoms with Crippen LogP contribution in [-0.2, 0) is 9.59 Å². The summed E-state index contributed by atoms with van der Waals surface area (Å²) < 4.78 is 1.66. The molecule has 0 radical (unpaired) electrons. The Morgan fingerprint density at radius 2 is 1.83 bits per heavy atom. The molecule has 0 aliphatic rings. The summed E-state index contributed by atoms with van der Waals surface area (Å²) in [6.07, 6.45) is 1.51. The molecule has 0 spiro atoms. The average molecular weight is 453 g/mol. The maximum Gasteiger partial charge on any atom is 0.252 e. The third kappa shape index (κ3) is 5.28. The molecule has 2 aromatic carbocycles. The first-order chi connectivity index (χ1) is 11.5. The lowest BCUT2D eigenvalue weighted by molar-refractivity contribution is -0.131. The van der Waals surface area contributed by atoms with Gasteiger partial charge in [0.2, 0.25) is 5.91 Å². The van der Waals surface area contributed by atoms with Crippen molar-refractivity contribution >= 4 is 55.6 Å². The van der Waals surface area contributed by atoms with Crippen LogP contribution in [0, 0.1) is 5.92 Å². The second kappa shape index (κ2) is 8.75. The number of carbonyl (C=O) groups excluding carboxylic acids is 2. The SMILES string of the molecule is CC(C(=O)NN=Cc1cccc(Br)c1)C(=O)Nc1ccccc1Br. The number of hydrogen-bond donors (Lipinski definition) is 2. The Hall–Kier alpha value is -1.99. The highest BCUT2D eigenvalue weighted by Crippen LogP contribution is 2.21. The van der Waals surface area contributed by atoms with E-state index in [2.05, 4.69) is 47.7 Å². The molecule has 7 heteroatoms. The van der Waals surface area contributed by atoms with Crippen LogP contribution in [0.4, 0.5) is 5.69 Å². The summed E-state index contributed by atoms with van der Waals surface area (Å²) in [5.41, 5.74) is 3.81. The van der Waals surface area contributed by atoms with Gasteiger partial charge in [0.1, 0.15) is 5.92 Å². The fourth-order valence-corrected chi connectivity index (χ4v) is 2.58. The molecule has 0 aliphatic carbocycles. The maximum atomic E-state index is 12.1. The van der Waals surface area contributed by atoms with Gasteiger partial charge < -0.3 is 5.32 Å². The van der Waals surface area contributed by atoms with Crippen molar-refractivity contribution in [3.8, 4) is 0 Å². The molecule has 0 saturated heterocycles. The summed E-state index contributed by atoms with van der Waals surface area (Å²) in [6, 6.07) is 14.7. The zero-order valence-corrected chi connectivity index (χ0v) is 16.0. The third-order valence-electron chi connectivity index (χ3n) is 3.16. The van der Waals surface area contributed by atoms with Gasteiger partial charge in [0.15, 0.2) is 0 Å². The molecule has 0 bridgehead atoms. The molecule has 0 fully saturated rings. The first-order valence-electron chi connectivity index (χ1n) is 7.11. The van der Waals surface area contributed by atoms with E-state index >= 15 is 0 Å². The molecule has 24 heavy (non-hydrogen) atoms. The predicted octanol–water partition coefficient (Wildman–Crippen LogP) is 3.94. The number of carbonyl (C=O) groups is 2. The van der Waals surface area contributed by atoms with E-state index in [0.717, 1.165) is 14.5 Å². The minimum absolute atomic E-state index is 0.406. The number of anilines is 1. The summed E-state index contributed by atoms with van der Waals surface area (Å²) in [5.74, 6) is -1.76. The molecule has 124 valence electrons. The zero-order chi connectivity index (χ0) is 17.5. The van der Waals surface area contributed by atoms with Crippen LogP contribution in [-0.4, -0.2) is 18.0 Å². The second-order valence-corrected chi connectivity index (χ2v) is 6.75. The highest BCUT2D eigenvalue weighted by atomic mass is 79.9. The van der Waals surface area contributed by atoms with Crippen LogP contribution in [0.25, 0.3) is 0 Å². The first kappa shape index (κ1) is 18.4. The van der Waals surface area contributed by atoms with Crippen LogP contribution in [0.1, 0.15) is 12.5 Å². The molecule has 0 heterocycles.